The van der Waals surface area contributed by atoms with Crippen molar-refractivity contribution in [3.05, 3.63) is 482 Å². The molecule has 0 unspecified atom stereocenters. The molecule has 0 fully saturated rings. The maximum absolute atomic E-state index is 5.19. The zero-order valence-electron chi connectivity index (χ0n) is 88.3. The molecule has 147 heavy (non-hydrogen) atoms. The number of benzene rings is 20. The molecule has 0 saturated carbocycles. The highest BCUT2D eigenvalue weighted by Gasteiger charge is 2.32. The first kappa shape index (κ1) is 97.5. The van der Waals surface area contributed by atoms with Crippen molar-refractivity contribution < 1.29 is 0 Å². The van der Waals surface area contributed by atoms with Crippen LogP contribution in [0.15, 0.2) is 449 Å². The molecule has 0 aliphatic carbocycles. The van der Waals surface area contributed by atoms with Crippen LogP contribution in [-0.4, -0.2) is 35.1 Å². The van der Waals surface area contributed by atoms with E-state index in [1.807, 2.05) is 0 Å². The van der Waals surface area contributed by atoms with E-state index in [2.05, 4.69) is 574 Å². The lowest BCUT2D eigenvalue weighted by atomic mass is 9.36. The summed E-state index contributed by atoms with van der Waals surface area (Å²) in [5, 5.41) is 18.4. The number of aromatic nitrogens is 3. The summed E-state index contributed by atoms with van der Waals surface area (Å²) in [4.78, 5) is 15.5. The maximum atomic E-state index is 5.19. The quantitative estimate of drug-likeness (QED) is 0.0804. The molecule has 0 radical (unpaired) electrons. The Labute approximate surface area is 870 Å². The van der Waals surface area contributed by atoms with Gasteiger partial charge in [-0.2, -0.15) is 0 Å². The fourth-order valence-corrected chi connectivity index (χ4v) is 22.2. The average Bonchev–Trinajstić information content (AvgIpc) is 0.745. The molecule has 23 rings (SSSR count). The molecule has 3 aromatic heterocycles. The van der Waals surface area contributed by atoms with Crippen molar-refractivity contribution in [3.63, 3.8) is 0 Å². The van der Waals surface area contributed by atoms with Gasteiger partial charge in [0.1, 0.15) is 0 Å². The van der Waals surface area contributed by atoms with Gasteiger partial charge in [-0.1, -0.05) is 605 Å². The van der Waals surface area contributed by atoms with Crippen LogP contribution >= 0.6 is 0 Å². The van der Waals surface area contributed by atoms with Gasteiger partial charge in [-0.05, 0) is 139 Å². The molecule has 3 nitrogen and oxygen atoms in total. The van der Waals surface area contributed by atoms with Crippen LogP contribution < -0.4 is 49.2 Å². The first-order valence-corrected chi connectivity index (χ1v) is 52.4. The second-order valence-corrected chi connectivity index (χ2v) is 46.5. The Balaban J connectivity index is 0.000000130. The van der Waals surface area contributed by atoms with E-state index in [0.29, 0.717) is 0 Å². The molecule has 0 bridgehead atoms. The van der Waals surface area contributed by atoms with Gasteiger partial charge in [0, 0.05) is 65.2 Å². The Hall–Kier alpha value is -15.6. The lowest BCUT2D eigenvalue weighted by molar-refractivity contribution is 0.590. The Kier molecular flexibility index (Phi) is 26.1. The van der Waals surface area contributed by atoms with E-state index in [9.17, 15) is 0 Å². The van der Waals surface area contributed by atoms with Crippen LogP contribution in [0.2, 0.25) is 0 Å². The Morgan fingerprint density at radius 2 is 0.381 bits per heavy atom. The molecule has 23 aromatic rings. The summed E-state index contributed by atoms with van der Waals surface area (Å²) in [6, 6.07) is 166. The molecular formula is C141H128B3N3. The third kappa shape index (κ3) is 19.7. The maximum Gasteiger partial charge on any atom is 0.241 e. The second kappa shape index (κ2) is 39.4. The van der Waals surface area contributed by atoms with Gasteiger partial charge in [-0.3, -0.25) is 0 Å². The predicted molar refractivity (Wildman–Crippen MR) is 642 cm³/mol. The number of pyridine rings is 3. The lowest BCUT2D eigenvalue weighted by Crippen LogP contribution is -2.52. The van der Waals surface area contributed by atoms with Crippen LogP contribution in [0, 0.1) is 0 Å². The Morgan fingerprint density at radius 3 is 0.694 bits per heavy atom. The van der Waals surface area contributed by atoms with Crippen LogP contribution in [-0.2, 0) is 32.5 Å². The minimum Gasteiger partial charge on any atom is -0.247 e. The van der Waals surface area contributed by atoms with Crippen molar-refractivity contribution in [2.45, 2.75) is 157 Å². The van der Waals surface area contributed by atoms with Gasteiger partial charge in [0.2, 0.25) is 20.1 Å². The zero-order valence-corrected chi connectivity index (χ0v) is 88.3. The Bertz CT molecular complexity index is 8630. The highest BCUT2D eigenvalue weighted by molar-refractivity contribution is 6.97. The summed E-state index contributed by atoms with van der Waals surface area (Å²) in [6.45, 7) is 41.4. The highest BCUT2D eigenvalue weighted by atomic mass is 14.7. The number of rotatable bonds is 14. The molecule has 0 N–H and O–H groups in total. The average molecular weight is 1900 g/mol. The summed E-state index contributed by atoms with van der Waals surface area (Å²) < 4.78 is 0. The smallest absolute Gasteiger partial charge is 0.241 e. The van der Waals surface area contributed by atoms with Crippen LogP contribution in [0.1, 0.15) is 158 Å². The van der Waals surface area contributed by atoms with Crippen molar-refractivity contribution in [2.24, 2.45) is 0 Å². The van der Waals surface area contributed by atoms with Crippen LogP contribution in [0.4, 0.5) is 0 Å². The minimum atomic E-state index is 0.0934. The highest BCUT2D eigenvalue weighted by Crippen LogP contribution is 2.45. The van der Waals surface area contributed by atoms with Gasteiger partial charge in [-0.25, -0.2) is 15.0 Å². The van der Waals surface area contributed by atoms with E-state index < -0.39 is 0 Å². The number of hydrogen-bond donors (Lipinski definition) is 0. The molecule has 0 aliphatic rings. The van der Waals surface area contributed by atoms with Gasteiger partial charge in [0.05, 0.1) is 33.6 Å². The number of fused-ring (bicyclic) bond motifs is 15. The molecule has 0 aliphatic heterocycles. The monoisotopic (exact) mass is 1900 g/mol. The van der Waals surface area contributed by atoms with E-state index in [-0.39, 0.29) is 52.6 Å². The van der Waals surface area contributed by atoms with Crippen molar-refractivity contribution in [3.8, 4) is 56.0 Å². The number of nitrogens with zero attached hydrogens (tertiary/aromatic N) is 3. The predicted octanol–water partition coefficient (Wildman–Crippen LogP) is 31.3. The second-order valence-electron chi connectivity index (χ2n) is 46.5. The molecule has 0 amide bonds. The molecule has 0 atom stereocenters. The van der Waals surface area contributed by atoms with Crippen molar-refractivity contribution in [1.29, 1.82) is 0 Å². The van der Waals surface area contributed by atoms with Gasteiger partial charge in [0.25, 0.3) is 0 Å². The van der Waals surface area contributed by atoms with Crippen molar-refractivity contribution in [1.82, 2.24) is 15.0 Å². The fraction of sp³-hybridized carbons (Fsp3) is 0.170. The number of para-hydroxylation sites is 3. The molecule has 716 valence electrons. The molecule has 0 saturated heterocycles. The SMILES string of the molecule is CC(C)(C)c1ccc(B(c2ccc(-c3cccc4c3ccc3c(-c5ccccc5)nc5ccccc5c34)cc2)c2ccc(C(C)(C)C)cc2)cc1.CC(C)(C)c1ccc(B(c2ccc(C(C)(C)C)cc2)c2cccc(-c3cccc4c3ccc3c(-c5ccccc5)nc5ccccc5c34)c2)cc1.CC(C)(C)c1ccc(B(c2ccc(C(C)(C)C)cc2)c2cccc3c2ccc2c(-c4ccccc4)nc4ccccc4c23)cc1. The zero-order chi connectivity index (χ0) is 102. The summed E-state index contributed by atoms with van der Waals surface area (Å²) in [7, 11) is 0. The van der Waals surface area contributed by atoms with Gasteiger partial charge in [0.15, 0.2) is 0 Å². The van der Waals surface area contributed by atoms with E-state index in [1.165, 1.54) is 186 Å². The molecular weight excluding hydrogens is 1770 g/mol. The standard InChI is InChI=1S/2C49H44BN.C43H40BN/c1-48(2,3)35-22-26-37(27-23-35)50(38-28-24-36(25-29-38)49(4,5)6)39-17-12-16-34(32-39)40-19-13-20-42-41(40)30-31-44-46(42)43-18-10-11-21-45(43)51-47(44)33-14-8-7-9-15-33;1-48(2,3)35-21-27-38(28-22-35)50(39-29-23-36(24-30-39)49(4,5)6)37-25-19-33(20-26-37)40-16-12-17-42-41(40)31-32-44-46(42)43-15-10-11-18-45(43)51-47(44)34-13-8-7-9-14-34;1-42(2,3)30-19-23-32(24-20-30)44(33-25-21-31(22-26-33)43(4,5)6)38-17-12-16-35-34(38)27-28-37-40(35)36-15-10-11-18-39(36)45-41(37)29-13-8-7-9-14-29/h2*7-32H,1-6H3;7-28H,1-6H3. The van der Waals surface area contributed by atoms with Crippen LogP contribution in [0.5, 0.6) is 0 Å². The van der Waals surface area contributed by atoms with Crippen LogP contribution in [0.3, 0.4) is 0 Å². The first-order valence-electron chi connectivity index (χ1n) is 52.4. The third-order valence-electron chi connectivity index (χ3n) is 30.4. The summed E-state index contributed by atoms with van der Waals surface area (Å²) in [5.74, 6) is 0. The summed E-state index contributed by atoms with van der Waals surface area (Å²) in [5.41, 5.74) is 35.0. The Morgan fingerprint density at radius 1 is 0.150 bits per heavy atom. The molecule has 3 heterocycles. The molecule has 0 spiro atoms. The van der Waals surface area contributed by atoms with E-state index in [4.69, 9.17) is 15.0 Å². The first-order chi connectivity index (χ1) is 70.7. The third-order valence-corrected chi connectivity index (χ3v) is 30.4. The van der Waals surface area contributed by atoms with E-state index in [0.717, 1.165) is 50.3 Å². The van der Waals surface area contributed by atoms with Crippen molar-refractivity contribution >= 4 is 167 Å². The minimum absolute atomic E-state index is 0.0934. The van der Waals surface area contributed by atoms with E-state index in [1.54, 1.807) is 0 Å². The van der Waals surface area contributed by atoms with Gasteiger partial charge >= 0.3 is 0 Å². The van der Waals surface area contributed by atoms with Crippen molar-refractivity contribution in [2.75, 3.05) is 0 Å². The van der Waals surface area contributed by atoms with Gasteiger partial charge < -0.3 is 0 Å². The summed E-state index contributed by atoms with van der Waals surface area (Å²) in [6.07, 6.45) is 0. The summed E-state index contributed by atoms with van der Waals surface area (Å²) >= 11 is 0. The topological polar surface area (TPSA) is 38.7 Å². The largest absolute Gasteiger partial charge is 0.247 e. The van der Waals surface area contributed by atoms with E-state index >= 15 is 0 Å². The molecule has 6 heteroatoms. The molecule has 20 aromatic carbocycles. The lowest BCUT2D eigenvalue weighted by Gasteiger charge is -2.23. The fourth-order valence-electron chi connectivity index (χ4n) is 22.2. The van der Waals surface area contributed by atoms with Crippen LogP contribution in [0.25, 0.3) is 153 Å². The van der Waals surface area contributed by atoms with Gasteiger partial charge in [-0.15, -0.1) is 0 Å². The number of hydrogen-bond acceptors (Lipinski definition) is 3. The normalized spacial score (nSPS) is 12.1.